The zero-order valence-electron chi connectivity index (χ0n) is 27.0. The average Bonchev–Trinajstić information content (AvgIpc) is 3.69. The van der Waals surface area contributed by atoms with Crippen molar-refractivity contribution < 1.29 is 0 Å². The van der Waals surface area contributed by atoms with E-state index in [9.17, 15) is 0 Å². The molecule has 11 rings (SSSR count). The molecule has 0 fully saturated rings. The van der Waals surface area contributed by atoms with Gasteiger partial charge in [-0.1, -0.05) is 127 Å². The lowest BCUT2D eigenvalue weighted by Gasteiger charge is -2.15. The Labute approximate surface area is 287 Å². The first-order chi connectivity index (χ1) is 24.8. The summed E-state index contributed by atoms with van der Waals surface area (Å²) >= 11 is 0. The normalized spacial score (nSPS) is 12.0. The first-order valence-electron chi connectivity index (χ1n) is 17.0. The predicted octanol–water partition coefficient (Wildman–Crippen LogP) is 11.8. The molecule has 50 heavy (non-hydrogen) atoms. The van der Waals surface area contributed by atoms with Crippen molar-refractivity contribution in [1.29, 1.82) is 0 Å². The molecular weight excluding hydrogens is 609 g/mol. The third-order valence-electron chi connectivity index (χ3n) is 10.3. The molecule has 0 amide bonds. The summed E-state index contributed by atoms with van der Waals surface area (Å²) in [7, 11) is 0. The van der Waals surface area contributed by atoms with Crippen LogP contribution in [0.15, 0.2) is 170 Å². The maximum absolute atomic E-state index is 5.56. The fourth-order valence-electron chi connectivity index (χ4n) is 8.06. The van der Waals surface area contributed by atoms with Crippen molar-refractivity contribution in [3.05, 3.63) is 170 Å². The summed E-state index contributed by atoms with van der Waals surface area (Å²) in [6.07, 6.45) is 0. The van der Waals surface area contributed by atoms with E-state index in [2.05, 4.69) is 179 Å². The van der Waals surface area contributed by atoms with Gasteiger partial charge in [-0.3, -0.25) is 4.57 Å². The third-order valence-corrected chi connectivity index (χ3v) is 10.3. The smallest absolute Gasteiger partial charge is 0.165 e. The predicted molar refractivity (Wildman–Crippen MR) is 209 cm³/mol. The maximum atomic E-state index is 5.56. The third kappa shape index (κ3) is 3.81. The Balaban J connectivity index is 1.34. The van der Waals surface area contributed by atoms with E-state index in [1.54, 1.807) is 0 Å². The van der Waals surface area contributed by atoms with Gasteiger partial charge in [-0.25, -0.2) is 9.97 Å². The van der Waals surface area contributed by atoms with Gasteiger partial charge in [0.25, 0.3) is 0 Å². The first-order valence-corrected chi connectivity index (χ1v) is 17.0. The maximum Gasteiger partial charge on any atom is 0.165 e. The van der Waals surface area contributed by atoms with Crippen LogP contribution in [0.1, 0.15) is 0 Å². The van der Waals surface area contributed by atoms with Crippen LogP contribution in [-0.2, 0) is 0 Å². The Morgan fingerprint density at radius 3 is 1.84 bits per heavy atom. The van der Waals surface area contributed by atoms with Crippen molar-refractivity contribution in [2.24, 2.45) is 0 Å². The first kappa shape index (κ1) is 27.2. The highest BCUT2D eigenvalue weighted by Gasteiger charge is 2.23. The highest BCUT2D eigenvalue weighted by Crippen LogP contribution is 2.43. The minimum absolute atomic E-state index is 0.818. The van der Waals surface area contributed by atoms with Gasteiger partial charge < -0.3 is 4.57 Å². The second-order valence-electron chi connectivity index (χ2n) is 13.0. The van der Waals surface area contributed by atoms with E-state index in [0.717, 1.165) is 61.1 Å². The van der Waals surface area contributed by atoms with E-state index in [0.29, 0.717) is 0 Å². The molecule has 4 heteroatoms. The van der Waals surface area contributed by atoms with Crippen LogP contribution in [0.4, 0.5) is 0 Å². The van der Waals surface area contributed by atoms with Crippen LogP contribution in [0, 0.1) is 0 Å². The quantitative estimate of drug-likeness (QED) is 0.181. The molecule has 0 aliphatic carbocycles. The van der Waals surface area contributed by atoms with E-state index < -0.39 is 0 Å². The SMILES string of the molecule is c1ccc(-c2nc3ccc4ccccc4c3nc2-n2c3ccccc3c3cc4c5c6ccccc6ccc5n(-c5ccccc5)c4cc32)cc1. The number of fused-ring (bicyclic) bond motifs is 11. The minimum atomic E-state index is 0.818. The van der Waals surface area contributed by atoms with Gasteiger partial charge in [-0.05, 0) is 58.6 Å². The lowest BCUT2D eigenvalue weighted by atomic mass is 10.0. The summed E-state index contributed by atoms with van der Waals surface area (Å²) in [6, 6.07) is 60.6. The Kier molecular flexibility index (Phi) is 5.63. The summed E-state index contributed by atoms with van der Waals surface area (Å²) in [5.41, 5.74) is 9.32. The topological polar surface area (TPSA) is 35.6 Å². The van der Waals surface area contributed by atoms with Gasteiger partial charge in [0.05, 0.1) is 33.1 Å². The molecular formula is C46H28N4. The molecule has 0 saturated heterocycles. The standard InChI is InChI=1S/C46H28N4/c1-3-15-31(16-4-1)44-46(48-45-34-20-10-8-14-30(34)23-25-38(45)47-44)50-39-22-12-11-21-35(39)36-27-37-42(28-41(36)50)49(32-17-5-2-6-18-32)40-26-24-29-13-7-9-19-33(29)43(37)40/h1-28H. The molecule has 4 nitrogen and oxygen atoms in total. The van der Waals surface area contributed by atoms with Crippen molar-refractivity contribution >= 4 is 76.2 Å². The van der Waals surface area contributed by atoms with Crippen molar-refractivity contribution in [3.8, 4) is 22.8 Å². The average molecular weight is 637 g/mol. The zero-order valence-corrected chi connectivity index (χ0v) is 27.0. The van der Waals surface area contributed by atoms with Crippen LogP contribution in [0.3, 0.4) is 0 Å². The molecule has 0 spiro atoms. The van der Waals surface area contributed by atoms with Crippen molar-refractivity contribution in [1.82, 2.24) is 19.1 Å². The number of rotatable bonds is 3. The Morgan fingerprint density at radius 1 is 0.380 bits per heavy atom. The Morgan fingerprint density at radius 2 is 1.02 bits per heavy atom. The number of hydrogen-bond donors (Lipinski definition) is 0. The minimum Gasteiger partial charge on any atom is -0.309 e. The Bertz CT molecular complexity index is 3140. The van der Waals surface area contributed by atoms with Crippen LogP contribution in [0.2, 0.25) is 0 Å². The fourth-order valence-corrected chi connectivity index (χ4v) is 8.06. The molecule has 232 valence electrons. The fraction of sp³-hybridized carbons (Fsp3) is 0. The van der Waals surface area contributed by atoms with Gasteiger partial charge in [0.1, 0.15) is 5.69 Å². The number of nitrogens with zero attached hydrogens (tertiary/aromatic N) is 4. The van der Waals surface area contributed by atoms with Gasteiger partial charge in [-0.2, -0.15) is 0 Å². The highest BCUT2D eigenvalue weighted by molar-refractivity contribution is 6.25. The van der Waals surface area contributed by atoms with Gasteiger partial charge in [0, 0.05) is 38.2 Å². The molecule has 3 aromatic heterocycles. The van der Waals surface area contributed by atoms with E-state index in [4.69, 9.17) is 9.97 Å². The molecule has 11 aromatic rings. The summed E-state index contributed by atoms with van der Waals surface area (Å²) in [6.45, 7) is 0. The van der Waals surface area contributed by atoms with Crippen molar-refractivity contribution in [2.75, 3.05) is 0 Å². The summed E-state index contributed by atoms with van der Waals surface area (Å²) in [4.78, 5) is 10.9. The van der Waals surface area contributed by atoms with Crippen molar-refractivity contribution in [3.63, 3.8) is 0 Å². The second-order valence-corrected chi connectivity index (χ2v) is 13.0. The number of benzene rings is 8. The van der Waals surface area contributed by atoms with Crippen LogP contribution >= 0.6 is 0 Å². The molecule has 0 N–H and O–H groups in total. The number of aromatic nitrogens is 4. The molecule has 0 bridgehead atoms. The van der Waals surface area contributed by atoms with Gasteiger partial charge >= 0.3 is 0 Å². The largest absolute Gasteiger partial charge is 0.309 e. The summed E-state index contributed by atoms with van der Waals surface area (Å²) in [5, 5.41) is 9.61. The second kappa shape index (κ2) is 10.4. The molecule has 0 unspecified atom stereocenters. The van der Waals surface area contributed by atoms with E-state index in [1.165, 1.54) is 37.8 Å². The zero-order chi connectivity index (χ0) is 32.8. The van der Waals surface area contributed by atoms with Gasteiger partial charge in [-0.15, -0.1) is 0 Å². The number of para-hydroxylation sites is 2. The molecule has 0 saturated carbocycles. The van der Waals surface area contributed by atoms with Gasteiger partial charge in [0.15, 0.2) is 5.82 Å². The molecule has 8 aromatic carbocycles. The van der Waals surface area contributed by atoms with E-state index >= 15 is 0 Å². The lowest BCUT2D eigenvalue weighted by molar-refractivity contribution is 1.08. The highest BCUT2D eigenvalue weighted by atomic mass is 15.1. The van der Waals surface area contributed by atoms with Crippen LogP contribution in [0.5, 0.6) is 0 Å². The van der Waals surface area contributed by atoms with E-state index in [-0.39, 0.29) is 0 Å². The monoisotopic (exact) mass is 636 g/mol. The van der Waals surface area contributed by atoms with E-state index in [1.807, 2.05) is 0 Å². The lowest BCUT2D eigenvalue weighted by Crippen LogP contribution is -2.04. The van der Waals surface area contributed by atoms with Gasteiger partial charge in [0.2, 0.25) is 0 Å². The molecule has 0 atom stereocenters. The summed E-state index contributed by atoms with van der Waals surface area (Å²) < 4.78 is 4.75. The number of hydrogen-bond acceptors (Lipinski definition) is 2. The molecule has 0 radical (unpaired) electrons. The van der Waals surface area contributed by atoms with Crippen LogP contribution in [0.25, 0.3) is 99.0 Å². The van der Waals surface area contributed by atoms with Crippen molar-refractivity contribution in [2.45, 2.75) is 0 Å². The summed E-state index contributed by atoms with van der Waals surface area (Å²) in [5.74, 6) is 0.818. The molecule has 3 heterocycles. The molecule has 0 aliphatic heterocycles. The van der Waals surface area contributed by atoms with Crippen LogP contribution < -0.4 is 0 Å². The molecule has 0 aliphatic rings. The van der Waals surface area contributed by atoms with Crippen LogP contribution in [-0.4, -0.2) is 19.1 Å². The Hall–Kier alpha value is -6.78.